The number of benzene rings is 1. The van der Waals surface area contributed by atoms with E-state index in [9.17, 15) is 4.79 Å². The molecule has 1 heterocycles. The molecule has 2 rings (SSSR count). The lowest BCUT2D eigenvalue weighted by atomic mass is 10.2. The van der Waals surface area contributed by atoms with Gasteiger partial charge in [-0.05, 0) is 43.7 Å². The molecule has 3 N–H and O–H groups in total. The Morgan fingerprint density at radius 1 is 1.25 bits per heavy atom. The number of pyridine rings is 1. The molecule has 1 atom stereocenters. The zero-order valence-electron chi connectivity index (χ0n) is 13.1. The molecule has 0 radical (unpaired) electrons. The van der Waals surface area contributed by atoms with Crippen molar-refractivity contribution < 1.29 is 9.53 Å². The molecule has 0 spiro atoms. The third-order valence-electron chi connectivity index (χ3n) is 2.88. The first-order valence-corrected chi connectivity index (χ1v) is 7.35. The number of carbonyl (C=O) groups is 1. The summed E-state index contributed by atoms with van der Waals surface area (Å²) in [4.78, 5) is 15.8. The van der Waals surface area contributed by atoms with Crippen LogP contribution in [0.5, 0.6) is 11.6 Å². The van der Waals surface area contributed by atoms with Gasteiger partial charge in [0, 0.05) is 23.6 Å². The number of hydrogen-bond acceptors (Lipinski definition) is 4. The molecule has 0 bridgehead atoms. The van der Waals surface area contributed by atoms with E-state index in [1.807, 2.05) is 6.92 Å². The predicted molar refractivity (Wildman–Crippen MR) is 102 cm³/mol. The van der Waals surface area contributed by atoms with Gasteiger partial charge in [-0.1, -0.05) is 11.6 Å². The Kier molecular flexibility index (Phi) is 10.4. The van der Waals surface area contributed by atoms with Gasteiger partial charge < -0.3 is 15.8 Å². The fourth-order valence-corrected chi connectivity index (χ4v) is 1.85. The second-order valence-corrected chi connectivity index (χ2v) is 5.44. The van der Waals surface area contributed by atoms with Crippen LogP contribution < -0.4 is 15.8 Å². The molecule has 0 saturated carbocycles. The molecular weight excluding hydrogens is 373 g/mol. The molecule has 0 aliphatic rings. The second-order valence-electron chi connectivity index (χ2n) is 5.01. The van der Waals surface area contributed by atoms with Crippen LogP contribution in [0.4, 0.5) is 5.69 Å². The minimum atomic E-state index is -0.0783. The third kappa shape index (κ3) is 7.84. The summed E-state index contributed by atoms with van der Waals surface area (Å²) >= 11 is 5.81. The van der Waals surface area contributed by atoms with Crippen LogP contribution >= 0.6 is 36.4 Å². The predicted octanol–water partition coefficient (Wildman–Crippen LogP) is 4.44. The number of amides is 1. The molecule has 0 aliphatic heterocycles. The third-order valence-corrected chi connectivity index (χ3v) is 3.13. The average molecular weight is 393 g/mol. The standard InChI is InChI=1S/C16H18ClN3O2.2ClH/c1-11(18)2-8-15(21)20-13-5-9-16(19-10-13)22-14-6-3-12(17)4-7-14;;/h3-7,9-11H,2,8,18H2,1H3,(H,20,21);2*1H. The number of hydrogen-bond donors (Lipinski definition) is 2. The van der Waals surface area contributed by atoms with E-state index in [0.29, 0.717) is 35.2 Å². The number of rotatable bonds is 6. The number of nitrogens with two attached hydrogens (primary N) is 1. The number of nitrogens with zero attached hydrogens (tertiary/aromatic N) is 1. The van der Waals surface area contributed by atoms with Gasteiger partial charge in [0.25, 0.3) is 0 Å². The molecule has 5 nitrogen and oxygen atoms in total. The Hall–Kier alpha value is -1.53. The van der Waals surface area contributed by atoms with E-state index >= 15 is 0 Å². The molecule has 1 unspecified atom stereocenters. The van der Waals surface area contributed by atoms with Crippen molar-refractivity contribution >= 4 is 48.0 Å². The Morgan fingerprint density at radius 3 is 2.46 bits per heavy atom. The number of carbonyl (C=O) groups excluding carboxylic acids is 1. The van der Waals surface area contributed by atoms with E-state index in [2.05, 4.69) is 10.3 Å². The zero-order chi connectivity index (χ0) is 15.9. The molecular formula is C16H20Cl3N3O2. The Labute approximate surface area is 158 Å². The van der Waals surface area contributed by atoms with E-state index in [1.165, 1.54) is 0 Å². The van der Waals surface area contributed by atoms with Crippen LogP contribution in [-0.4, -0.2) is 16.9 Å². The van der Waals surface area contributed by atoms with Crippen molar-refractivity contribution in [2.24, 2.45) is 5.73 Å². The summed E-state index contributed by atoms with van der Waals surface area (Å²) in [5.41, 5.74) is 6.24. The van der Waals surface area contributed by atoms with Gasteiger partial charge in [0.05, 0.1) is 11.9 Å². The van der Waals surface area contributed by atoms with Crippen LogP contribution in [0.2, 0.25) is 5.02 Å². The Bertz CT molecular complexity index is 619. The van der Waals surface area contributed by atoms with Crippen molar-refractivity contribution in [1.29, 1.82) is 0 Å². The van der Waals surface area contributed by atoms with Crippen molar-refractivity contribution in [2.75, 3.05) is 5.32 Å². The Balaban J connectivity index is 0.00000264. The lowest BCUT2D eigenvalue weighted by Gasteiger charge is -2.08. The molecule has 0 saturated heterocycles. The van der Waals surface area contributed by atoms with Crippen molar-refractivity contribution in [2.45, 2.75) is 25.8 Å². The minimum Gasteiger partial charge on any atom is -0.439 e. The quantitative estimate of drug-likeness (QED) is 0.762. The van der Waals surface area contributed by atoms with Gasteiger partial charge in [-0.15, -0.1) is 24.8 Å². The van der Waals surface area contributed by atoms with Gasteiger partial charge in [-0.2, -0.15) is 0 Å². The van der Waals surface area contributed by atoms with E-state index in [1.54, 1.807) is 42.6 Å². The summed E-state index contributed by atoms with van der Waals surface area (Å²) in [6.45, 7) is 1.87. The number of ether oxygens (including phenoxy) is 1. The molecule has 24 heavy (non-hydrogen) atoms. The maximum Gasteiger partial charge on any atom is 0.224 e. The maximum atomic E-state index is 11.7. The summed E-state index contributed by atoms with van der Waals surface area (Å²) in [5, 5.41) is 3.41. The minimum absolute atomic E-state index is 0. The molecule has 1 amide bonds. The molecule has 1 aromatic heterocycles. The van der Waals surface area contributed by atoms with Crippen LogP contribution in [-0.2, 0) is 4.79 Å². The van der Waals surface area contributed by atoms with Crippen LogP contribution in [0, 0.1) is 0 Å². The Morgan fingerprint density at radius 2 is 1.92 bits per heavy atom. The molecule has 0 aliphatic carbocycles. The first-order valence-electron chi connectivity index (χ1n) is 6.98. The van der Waals surface area contributed by atoms with Crippen molar-refractivity contribution in [3.63, 3.8) is 0 Å². The number of nitrogens with one attached hydrogen (secondary N) is 1. The van der Waals surface area contributed by atoms with Gasteiger partial charge in [-0.3, -0.25) is 4.79 Å². The number of aromatic nitrogens is 1. The first-order chi connectivity index (χ1) is 10.5. The van der Waals surface area contributed by atoms with Gasteiger partial charge in [-0.25, -0.2) is 4.98 Å². The highest BCUT2D eigenvalue weighted by molar-refractivity contribution is 6.30. The summed E-state index contributed by atoms with van der Waals surface area (Å²) < 4.78 is 5.57. The monoisotopic (exact) mass is 391 g/mol. The average Bonchev–Trinajstić information content (AvgIpc) is 2.49. The van der Waals surface area contributed by atoms with Gasteiger partial charge in [0.15, 0.2) is 0 Å². The lowest BCUT2D eigenvalue weighted by molar-refractivity contribution is -0.116. The van der Waals surface area contributed by atoms with Crippen LogP contribution in [0.25, 0.3) is 0 Å². The summed E-state index contributed by atoms with van der Waals surface area (Å²) in [6, 6.07) is 10.4. The summed E-state index contributed by atoms with van der Waals surface area (Å²) in [5.74, 6) is 1.01. The van der Waals surface area contributed by atoms with Crippen molar-refractivity contribution in [1.82, 2.24) is 4.98 Å². The van der Waals surface area contributed by atoms with E-state index in [4.69, 9.17) is 22.1 Å². The lowest BCUT2D eigenvalue weighted by Crippen LogP contribution is -2.19. The molecule has 8 heteroatoms. The van der Waals surface area contributed by atoms with Crippen LogP contribution in [0.1, 0.15) is 19.8 Å². The second kappa shape index (κ2) is 11.1. The van der Waals surface area contributed by atoms with Gasteiger partial charge >= 0.3 is 0 Å². The van der Waals surface area contributed by atoms with Crippen molar-refractivity contribution in [3.05, 3.63) is 47.6 Å². The van der Waals surface area contributed by atoms with Crippen LogP contribution in [0.3, 0.4) is 0 Å². The highest BCUT2D eigenvalue weighted by atomic mass is 35.5. The van der Waals surface area contributed by atoms with Gasteiger partial charge in [0.2, 0.25) is 11.8 Å². The fourth-order valence-electron chi connectivity index (χ4n) is 1.72. The van der Waals surface area contributed by atoms with Gasteiger partial charge in [0.1, 0.15) is 5.75 Å². The first kappa shape index (κ1) is 22.5. The topological polar surface area (TPSA) is 77.2 Å². The molecule has 1 aromatic carbocycles. The number of anilines is 1. The molecule has 2 aromatic rings. The summed E-state index contributed by atoms with van der Waals surface area (Å²) in [6.07, 6.45) is 2.59. The highest BCUT2D eigenvalue weighted by Crippen LogP contribution is 2.22. The van der Waals surface area contributed by atoms with E-state index < -0.39 is 0 Å². The maximum absolute atomic E-state index is 11.7. The highest BCUT2D eigenvalue weighted by Gasteiger charge is 2.05. The normalized spacial score (nSPS) is 10.8. The fraction of sp³-hybridized carbons (Fsp3) is 0.250. The SMILES string of the molecule is CC(N)CCC(=O)Nc1ccc(Oc2ccc(Cl)cc2)nc1.Cl.Cl. The smallest absolute Gasteiger partial charge is 0.224 e. The van der Waals surface area contributed by atoms with E-state index in [0.717, 1.165) is 0 Å². The van der Waals surface area contributed by atoms with E-state index in [-0.39, 0.29) is 36.8 Å². The molecule has 132 valence electrons. The largest absolute Gasteiger partial charge is 0.439 e. The zero-order valence-corrected chi connectivity index (χ0v) is 15.5. The number of halogens is 3. The van der Waals surface area contributed by atoms with Crippen molar-refractivity contribution in [3.8, 4) is 11.6 Å². The van der Waals surface area contributed by atoms with Crippen LogP contribution in [0.15, 0.2) is 42.6 Å². The summed E-state index contributed by atoms with van der Waals surface area (Å²) in [7, 11) is 0. The molecule has 0 fully saturated rings.